The fraction of sp³-hybridized carbons (Fsp3) is 0.414. The van der Waals surface area contributed by atoms with E-state index in [1.807, 2.05) is 30.0 Å². The summed E-state index contributed by atoms with van der Waals surface area (Å²) < 4.78 is 21.4. The molecule has 1 fully saturated rings. The van der Waals surface area contributed by atoms with Crippen molar-refractivity contribution >= 4 is 24.0 Å². The molecule has 0 spiro atoms. The number of pyridine rings is 1. The molecule has 13 nitrogen and oxygen atoms in total. The van der Waals surface area contributed by atoms with Gasteiger partial charge < -0.3 is 38.9 Å². The van der Waals surface area contributed by atoms with Gasteiger partial charge in [-0.05, 0) is 48.7 Å². The van der Waals surface area contributed by atoms with Crippen molar-refractivity contribution in [2.45, 2.75) is 32.1 Å². The fourth-order valence-electron chi connectivity index (χ4n) is 4.83. The number of oxazole rings is 1. The average Bonchev–Trinajstić information content (AvgIpc) is 3.56. The summed E-state index contributed by atoms with van der Waals surface area (Å²) in [6.45, 7) is 4.60. The van der Waals surface area contributed by atoms with Gasteiger partial charge in [0.05, 0.1) is 32.1 Å². The number of amides is 2. The van der Waals surface area contributed by atoms with Crippen LogP contribution in [0, 0.1) is 0 Å². The third kappa shape index (κ3) is 6.79. The first-order chi connectivity index (χ1) is 20.4. The van der Waals surface area contributed by atoms with Crippen molar-refractivity contribution in [2.75, 3.05) is 51.3 Å². The van der Waals surface area contributed by atoms with E-state index < -0.39 is 18.1 Å². The molecule has 0 saturated carbocycles. The van der Waals surface area contributed by atoms with Crippen LogP contribution in [0.5, 0.6) is 11.6 Å². The van der Waals surface area contributed by atoms with Crippen molar-refractivity contribution in [3.63, 3.8) is 0 Å². The minimum absolute atomic E-state index is 0.0113. The van der Waals surface area contributed by atoms with Gasteiger partial charge in [-0.1, -0.05) is 6.07 Å². The molecule has 0 radical (unpaired) electrons. The van der Waals surface area contributed by atoms with Gasteiger partial charge in [-0.2, -0.15) is 4.98 Å². The standard InChI is InChI=1S/C29H34N6O7/c1-3-40-28-23(6-7-26(33-28)34-8-10-35(11-9-34)29(38)39-2)27(37)32-16-25(36)24-13-19-4-5-21(12-20(19)14-31-24)41-17-22-15-30-18-42-22/h4-7,12,14-15,18,24-25,36H,3,8-11,13,16-17H2,1-2H3,(H,32,37)/t24?,25-/m1/s1. The number of benzene rings is 1. The number of hydrogen-bond donors (Lipinski definition) is 2. The molecular weight excluding hydrogens is 544 g/mol. The first-order valence-corrected chi connectivity index (χ1v) is 13.8. The molecule has 13 heteroatoms. The number of hydrogen-bond acceptors (Lipinski definition) is 11. The number of piperazine rings is 1. The van der Waals surface area contributed by atoms with Crippen LogP contribution in [0.15, 0.2) is 52.3 Å². The number of fused-ring (bicyclic) bond motifs is 1. The first kappa shape index (κ1) is 28.9. The molecule has 5 rings (SSSR count). The zero-order chi connectivity index (χ0) is 29.5. The molecule has 1 saturated heterocycles. The number of aliphatic hydroxyl groups excluding tert-OH is 1. The molecule has 1 aromatic carbocycles. The minimum atomic E-state index is -0.894. The number of methoxy groups -OCH3 is 1. The normalized spacial score (nSPS) is 16.9. The van der Waals surface area contributed by atoms with E-state index in [1.54, 1.807) is 29.4 Å². The molecule has 4 heterocycles. The Morgan fingerprint density at radius 1 is 1.17 bits per heavy atom. The van der Waals surface area contributed by atoms with E-state index in [-0.39, 0.29) is 30.7 Å². The maximum atomic E-state index is 13.1. The number of rotatable bonds is 10. The Labute approximate surface area is 243 Å². The Balaban J connectivity index is 1.15. The van der Waals surface area contributed by atoms with Gasteiger partial charge >= 0.3 is 6.09 Å². The van der Waals surface area contributed by atoms with Crippen LogP contribution < -0.4 is 19.7 Å². The van der Waals surface area contributed by atoms with Crippen molar-refractivity contribution in [3.8, 4) is 11.6 Å². The second kappa shape index (κ2) is 13.3. The smallest absolute Gasteiger partial charge is 0.409 e. The van der Waals surface area contributed by atoms with Gasteiger partial charge in [0.15, 0.2) is 12.2 Å². The highest BCUT2D eigenvalue weighted by Crippen LogP contribution is 2.25. The second-order valence-corrected chi connectivity index (χ2v) is 9.84. The Kier molecular flexibility index (Phi) is 9.17. The molecule has 2 atom stereocenters. The highest BCUT2D eigenvalue weighted by Gasteiger charge is 2.26. The Bertz CT molecular complexity index is 1410. The van der Waals surface area contributed by atoms with Gasteiger partial charge in [0.2, 0.25) is 5.88 Å². The quantitative estimate of drug-likeness (QED) is 0.366. The van der Waals surface area contributed by atoms with E-state index in [2.05, 4.69) is 20.3 Å². The molecule has 0 bridgehead atoms. The van der Waals surface area contributed by atoms with Crippen molar-refractivity contribution in [1.29, 1.82) is 0 Å². The van der Waals surface area contributed by atoms with E-state index >= 15 is 0 Å². The Morgan fingerprint density at radius 3 is 2.74 bits per heavy atom. The summed E-state index contributed by atoms with van der Waals surface area (Å²) in [5.74, 6) is 1.77. The van der Waals surface area contributed by atoms with Crippen molar-refractivity contribution in [2.24, 2.45) is 4.99 Å². The third-order valence-electron chi connectivity index (χ3n) is 7.14. The van der Waals surface area contributed by atoms with Crippen molar-refractivity contribution < 1.29 is 33.3 Å². The molecule has 3 aromatic rings. The number of carbonyl (C=O) groups is 2. The number of aromatic nitrogens is 2. The molecular formula is C29H34N6O7. The molecule has 1 unspecified atom stereocenters. The Hall–Kier alpha value is -4.65. The molecule has 2 amide bonds. The van der Waals surface area contributed by atoms with Crippen LogP contribution in [0.4, 0.5) is 10.6 Å². The molecule has 42 heavy (non-hydrogen) atoms. The minimum Gasteiger partial charge on any atom is -0.486 e. The summed E-state index contributed by atoms with van der Waals surface area (Å²) in [6, 6.07) is 8.72. The molecule has 2 aliphatic rings. The van der Waals surface area contributed by atoms with Crippen LogP contribution in [-0.4, -0.2) is 96.8 Å². The molecule has 2 N–H and O–H groups in total. The summed E-state index contributed by atoms with van der Waals surface area (Å²) in [4.78, 5) is 41.5. The van der Waals surface area contributed by atoms with Crippen LogP contribution >= 0.6 is 0 Å². The fourth-order valence-corrected chi connectivity index (χ4v) is 4.83. The van der Waals surface area contributed by atoms with Gasteiger partial charge in [0, 0.05) is 38.9 Å². The SMILES string of the molecule is CCOc1nc(N2CCN(C(=O)OC)CC2)ccc1C(=O)NC[C@@H](O)C1Cc2ccc(OCc3cnco3)cc2C=N1. The molecule has 222 valence electrons. The second-order valence-electron chi connectivity index (χ2n) is 9.84. The van der Waals surface area contributed by atoms with E-state index in [9.17, 15) is 14.7 Å². The average molecular weight is 579 g/mol. The topological polar surface area (TPSA) is 152 Å². The van der Waals surface area contributed by atoms with E-state index in [4.69, 9.17) is 18.6 Å². The van der Waals surface area contributed by atoms with Crippen LogP contribution in [0.25, 0.3) is 0 Å². The Morgan fingerprint density at radius 2 is 2.00 bits per heavy atom. The highest BCUT2D eigenvalue weighted by atomic mass is 16.5. The van der Waals surface area contributed by atoms with E-state index in [0.29, 0.717) is 56.5 Å². The number of aliphatic imine (C=N–C) groups is 1. The highest BCUT2D eigenvalue weighted by molar-refractivity contribution is 5.96. The lowest BCUT2D eigenvalue weighted by atomic mass is 9.95. The molecule has 2 aliphatic heterocycles. The van der Waals surface area contributed by atoms with Crippen molar-refractivity contribution in [1.82, 2.24) is 20.2 Å². The van der Waals surface area contributed by atoms with Gasteiger partial charge in [0.25, 0.3) is 5.91 Å². The van der Waals surface area contributed by atoms with E-state index in [0.717, 1.165) is 11.1 Å². The van der Waals surface area contributed by atoms with Crippen LogP contribution in [0.2, 0.25) is 0 Å². The van der Waals surface area contributed by atoms with Gasteiger partial charge in [-0.25, -0.2) is 9.78 Å². The predicted molar refractivity (Wildman–Crippen MR) is 152 cm³/mol. The van der Waals surface area contributed by atoms with Crippen LogP contribution in [0.3, 0.4) is 0 Å². The van der Waals surface area contributed by atoms with Crippen molar-refractivity contribution in [3.05, 3.63) is 65.4 Å². The summed E-state index contributed by atoms with van der Waals surface area (Å²) in [5.41, 5.74) is 2.21. The van der Waals surface area contributed by atoms with Gasteiger partial charge in [0.1, 0.15) is 23.7 Å². The molecule has 0 aliphatic carbocycles. The largest absolute Gasteiger partial charge is 0.486 e. The lowest BCUT2D eigenvalue weighted by molar-refractivity contribution is 0.0892. The summed E-state index contributed by atoms with van der Waals surface area (Å²) in [7, 11) is 1.37. The summed E-state index contributed by atoms with van der Waals surface area (Å²) >= 11 is 0. The summed E-state index contributed by atoms with van der Waals surface area (Å²) in [6.07, 6.45) is 3.96. The van der Waals surface area contributed by atoms with Crippen LogP contribution in [-0.2, 0) is 17.8 Å². The summed E-state index contributed by atoms with van der Waals surface area (Å²) in [5, 5.41) is 13.6. The maximum Gasteiger partial charge on any atom is 0.409 e. The zero-order valence-electron chi connectivity index (χ0n) is 23.6. The first-order valence-electron chi connectivity index (χ1n) is 13.8. The number of aliphatic hydroxyl groups is 1. The predicted octanol–water partition coefficient (Wildman–Crippen LogP) is 2.07. The number of anilines is 1. The lowest BCUT2D eigenvalue weighted by Gasteiger charge is -2.34. The third-order valence-corrected chi connectivity index (χ3v) is 7.14. The maximum absolute atomic E-state index is 13.1. The number of nitrogens with zero attached hydrogens (tertiary/aromatic N) is 5. The zero-order valence-corrected chi connectivity index (χ0v) is 23.6. The monoisotopic (exact) mass is 578 g/mol. The lowest BCUT2D eigenvalue weighted by Crippen LogP contribution is -2.49. The number of nitrogens with one attached hydrogen (secondary N) is 1. The number of carbonyl (C=O) groups excluding carboxylic acids is 2. The van der Waals surface area contributed by atoms with E-state index in [1.165, 1.54) is 13.5 Å². The number of ether oxygens (including phenoxy) is 3. The van der Waals surface area contributed by atoms with Gasteiger partial charge in [-0.3, -0.25) is 9.79 Å². The van der Waals surface area contributed by atoms with Crippen LogP contribution in [0.1, 0.15) is 34.2 Å². The molecule has 2 aromatic heterocycles. The van der Waals surface area contributed by atoms with Gasteiger partial charge in [-0.15, -0.1) is 0 Å².